The quantitative estimate of drug-likeness (QED) is 0.592. The SMILES string of the molecule is C[C@]12Cc3cnn(-c4ccc(F)cc4)c3C=C1CC[C@@]2(CO)CC(O)c1ccccc1F. The Labute approximate surface area is 185 Å². The van der Waals surface area contributed by atoms with Gasteiger partial charge < -0.3 is 10.2 Å². The van der Waals surface area contributed by atoms with E-state index in [1.54, 1.807) is 30.3 Å². The van der Waals surface area contributed by atoms with Crippen LogP contribution in [0.1, 0.15) is 49.1 Å². The molecular weight excluding hydrogens is 410 g/mol. The van der Waals surface area contributed by atoms with Gasteiger partial charge in [-0.25, -0.2) is 13.5 Å². The van der Waals surface area contributed by atoms with Crippen molar-refractivity contribution < 1.29 is 19.0 Å². The molecule has 32 heavy (non-hydrogen) atoms. The third kappa shape index (κ3) is 3.12. The molecule has 4 nitrogen and oxygen atoms in total. The topological polar surface area (TPSA) is 58.3 Å². The van der Waals surface area contributed by atoms with Crippen LogP contribution in [0, 0.1) is 22.5 Å². The van der Waals surface area contributed by atoms with E-state index < -0.39 is 17.3 Å². The van der Waals surface area contributed by atoms with Crippen molar-refractivity contribution in [2.45, 2.75) is 38.7 Å². The van der Waals surface area contributed by atoms with E-state index in [1.165, 1.54) is 23.8 Å². The van der Waals surface area contributed by atoms with Crippen LogP contribution < -0.4 is 0 Å². The number of hydrogen-bond donors (Lipinski definition) is 2. The van der Waals surface area contributed by atoms with Gasteiger partial charge in [-0.15, -0.1) is 0 Å². The summed E-state index contributed by atoms with van der Waals surface area (Å²) in [6, 6.07) is 12.5. The summed E-state index contributed by atoms with van der Waals surface area (Å²) in [6.07, 6.45) is 5.40. The first kappa shape index (κ1) is 21.0. The van der Waals surface area contributed by atoms with Crippen LogP contribution in [-0.2, 0) is 6.42 Å². The zero-order chi connectivity index (χ0) is 22.5. The maximum absolute atomic E-state index is 14.3. The number of aliphatic hydroxyl groups is 2. The first-order chi connectivity index (χ1) is 15.4. The van der Waals surface area contributed by atoms with E-state index in [0.29, 0.717) is 12.8 Å². The van der Waals surface area contributed by atoms with Gasteiger partial charge in [-0.05, 0) is 67.7 Å². The number of aromatic nitrogens is 2. The Bertz CT molecular complexity index is 1190. The van der Waals surface area contributed by atoms with E-state index in [0.717, 1.165) is 23.4 Å². The highest BCUT2D eigenvalue weighted by Crippen LogP contribution is 2.62. The van der Waals surface area contributed by atoms with Gasteiger partial charge in [0, 0.05) is 23.0 Å². The number of allylic oxidation sites excluding steroid dienone is 1. The second-order valence-electron chi connectivity index (χ2n) is 9.30. The predicted octanol–water partition coefficient (Wildman–Crippen LogP) is 4.99. The Morgan fingerprint density at radius 3 is 2.59 bits per heavy atom. The standard InChI is InChI=1S/C26H26F2N2O2/c1-25-13-17-15-29-30(20-8-6-19(27)7-9-20)23(17)12-18(25)10-11-26(25,16-31)14-24(32)21-4-2-3-5-22(21)28/h2-9,12,15,24,31-32H,10-11,13-14,16H2,1H3/t24?,25-,26-/m0/s1. The molecule has 2 aromatic carbocycles. The molecule has 2 aliphatic carbocycles. The molecule has 0 radical (unpaired) electrons. The van der Waals surface area contributed by atoms with Gasteiger partial charge in [-0.1, -0.05) is 30.7 Å². The van der Waals surface area contributed by atoms with Crippen molar-refractivity contribution in [2.24, 2.45) is 10.8 Å². The average Bonchev–Trinajstić information content (AvgIpc) is 3.31. The molecule has 2 aliphatic rings. The minimum atomic E-state index is -0.997. The van der Waals surface area contributed by atoms with Crippen LogP contribution in [0.5, 0.6) is 0 Å². The van der Waals surface area contributed by atoms with Crippen molar-refractivity contribution in [3.63, 3.8) is 0 Å². The highest BCUT2D eigenvalue weighted by molar-refractivity contribution is 5.62. The van der Waals surface area contributed by atoms with Gasteiger partial charge in [0.25, 0.3) is 0 Å². The van der Waals surface area contributed by atoms with Crippen LogP contribution in [0.25, 0.3) is 11.8 Å². The molecule has 0 aliphatic heterocycles. The summed E-state index contributed by atoms with van der Waals surface area (Å²) in [6.45, 7) is 2.04. The normalized spacial score (nSPS) is 25.2. The van der Waals surface area contributed by atoms with Gasteiger partial charge in [0.2, 0.25) is 0 Å². The van der Waals surface area contributed by atoms with Crippen LogP contribution in [0.2, 0.25) is 0 Å². The molecule has 0 bridgehead atoms. The molecule has 3 aromatic rings. The predicted molar refractivity (Wildman–Crippen MR) is 118 cm³/mol. The number of rotatable bonds is 5. The highest BCUT2D eigenvalue weighted by Gasteiger charge is 2.56. The van der Waals surface area contributed by atoms with E-state index in [2.05, 4.69) is 18.1 Å². The van der Waals surface area contributed by atoms with E-state index in [-0.39, 0.29) is 29.8 Å². The van der Waals surface area contributed by atoms with Crippen molar-refractivity contribution in [3.05, 3.63) is 88.8 Å². The lowest BCUT2D eigenvalue weighted by Gasteiger charge is -2.46. The molecule has 6 heteroatoms. The molecule has 0 amide bonds. The molecule has 1 aromatic heterocycles. The third-order valence-corrected chi connectivity index (χ3v) is 7.72. The average molecular weight is 437 g/mol. The second-order valence-corrected chi connectivity index (χ2v) is 9.30. The molecule has 1 fully saturated rings. The van der Waals surface area contributed by atoms with Gasteiger partial charge in [0.15, 0.2) is 0 Å². The number of hydrogen-bond acceptors (Lipinski definition) is 3. The van der Waals surface area contributed by atoms with Crippen molar-refractivity contribution in [1.29, 1.82) is 0 Å². The number of halogens is 2. The Kier molecular flexibility index (Phi) is 5.02. The van der Waals surface area contributed by atoms with Crippen molar-refractivity contribution in [2.75, 3.05) is 6.61 Å². The third-order valence-electron chi connectivity index (χ3n) is 7.72. The molecule has 0 spiro atoms. The maximum Gasteiger partial charge on any atom is 0.128 e. The minimum Gasteiger partial charge on any atom is -0.396 e. The lowest BCUT2D eigenvalue weighted by atomic mass is 9.59. The van der Waals surface area contributed by atoms with E-state index in [9.17, 15) is 19.0 Å². The first-order valence-electron chi connectivity index (χ1n) is 10.9. The number of fused-ring (bicyclic) bond motifs is 2. The fourth-order valence-electron chi connectivity index (χ4n) is 5.69. The summed E-state index contributed by atoms with van der Waals surface area (Å²) in [7, 11) is 0. The van der Waals surface area contributed by atoms with Crippen molar-refractivity contribution in [3.8, 4) is 5.69 Å². The van der Waals surface area contributed by atoms with Gasteiger partial charge in [-0.3, -0.25) is 0 Å². The van der Waals surface area contributed by atoms with Crippen LogP contribution in [0.3, 0.4) is 0 Å². The monoisotopic (exact) mass is 436 g/mol. The molecule has 5 rings (SSSR count). The molecule has 1 unspecified atom stereocenters. The zero-order valence-electron chi connectivity index (χ0n) is 17.9. The second kappa shape index (κ2) is 7.64. The fraction of sp³-hybridized carbons (Fsp3) is 0.346. The summed E-state index contributed by atoms with van der Waals surface area (Å²) < 4.78 is 29.5. The van der Waals surface area contributed by atoms with E-state index in [1.807, 2.05) is 10.9 Å². The smallest absolute Gasteiger partial charge is 0.128 e. The Balaban J connectivity index is 1.50. The number of aliphatic hydroxyl groups excluding tert-OH is 2. The number of nitrogens with zero attached hydrogens (tertiary/aromatic N) is 2. The lowest BCUT2D eigenvalue weighted by Crippen LogP contribution is -2.43. The summed E-state index contributed by atoms with van der Waals surface area (Å²) in [5.41, 5.74) is 3.31. The van der Waals surface area contributed by atoms with Crippen molar-refractivity contribution in [1.82, 2.24) is 9.78 Å². The number of benzene rings is 2. The Hall–Kier alpha value is -2.83. The van der Waals surface area contributed by atoms with E-state index >= 15 is 0 Å². The first-order valence-corrected chi connectivity index (χ1v) is 10.9. The largest absolute Gasteiger partial charge is 0.396 e. The zero-order valence-corrected chi connectivity index (χ0v) is 17.9. The summed E-state index contributed by atoms with van der Waals surface area (Å²) in [5.74, 6) is -0.726. The van der Waals surface area contributed by atoms with Gasteiger partial charge >= 0.3 is 0 Å². The van der Waals surface area contributed by atoms with Crippen LogP contribution in [0.15, 0.2) is 60.3 Å². The molecule has 2 N–H and O–H groups in total. The van der Waals surface area contributed by atoms with Crippen LogP contribution in [-0.4, -0.2) is 26.6 Å². The molecule has 3 atom stereocenters. The summed E-state index contributed by atoms with van der Waals surface area (Å²) in [5, 5.41) is 26.0. The van der Waals surface area contributed by atoms with Crippen LogP contribution >= 0.6 is 0 Å². The maximum atomic E-state index is 14.3. The lowest BCUT2D eigenvalue weighted by molar-refractivity contribution is -0.0147. The molecule has 0 saturated heterocycles. The molecule has 1 heterocycles. The molecule has 1 saturated carbocycles. The highest BCUT2D eigenvalue weighted by atomic mass is 19.1. The Morgan fingerprint density at radius 1 is 1.12 bits per heavy atom. The minimum absolute atomic E-state index is 0.0895. The van der Waals surface area contributed by atoms with Crippen LogP contribution in [0.4, 0.5) is 8.78 Å². The van der Waals surface area contributed by atoms with Gasteiger partial charge in [-0.2, -0.15) is 5.10 Å². The molecular formula is C26H26F2N2O2. The molecule has 166 valence electrons. The van der Waals surface area contributed by atoms with Gasteiger partial charge in [0.1, 0.15) is 11.6 Å². The summed E-state index contributed by atoms with van der Waals surface area (Å²) in [4.78, 5) is 0. The van der Waals surface area contributed by atoms with Gasteiger partial charge in [0.05, 0.1) is 23.7 Å². The van der Waals surface area contributed by atoms with Crippen molar-refractivity contribution >= 4 is 6.08 Å². The Morgan fingerprint density at radius 2 is 1.88 bits per heavy atom. The van der Waals surface area contributed by atoms with E-state index in [4.69, 9.17) is 0 Å². The fourth-order valence-corrected chi connectivity index (χ4v) is 5.69. The summed E-state index contributed by atoms with van der Waals surface area (Å²) >= 11 is 0.